The Kier molecular flexibility index (Phi) is 6.30. The van der Waals surface area contributed by atoms with Crippen LogP contribution in [-0.2, 0) is 11.3 Å². The second-order valence-electron chi connectivity index (χ2n) is 6.08. The summed E-state index contributed by atoms with van der Waals surface area (Å²) in [5, 5.41) is 7.04. The molecule has 0 spiro atoms. The molecular formula is C18H24N4O3. The van der Waals surface area contributed by atoms with E-state index in [1.54, 1.807) is 48.1 Å². The summed E-state index contributed by atoms with van der Waals surface area (Å²) in [5.74, 6) is 0.781. The third-order valence-electron chi connectivity index (χ3n) is 3.65. The average Bonchev–Trinajstić information content (AvgIpc) is 3.00. The van der Waals surface area contributed by atoms with Crippen molar-refractivity contribution in [1.82, 2.24) is 14.7 Å². The highest BCUT2D eigenvalue weighted by molar-refractivity contribution is 5.95. The lowest BCUT2D eigenvalue weighted by molar-refractivity contribution is -0.122. The zero-order chi connectivity index (χ0) is 18.4. The Morgan fingerprint density at radius 3 is 2.76 bits per heavy atom. The summed E-state index contributed by atoms with van der Waals surface area (Å²) in [7, 11) is 3.96. The standard InChI is InChI=1S/C18H24N4O3/c1-13(23)15-6-5-7-16(12-15)25-14(2)18(24)20-17-8-9-19-22(17)11-10-21(3)4/h5-9,12,14H,10-11H2,1-4H3,(H,20,24)/t14-/m0/s1. The van der Waals surface area contributed by atoms with Crippen molar-refractivity contribution in [2.75, 3.05) is 26.0 Å². The van der Waals surface area contributed by atoms with Crippen molar-refractivity contribution in [1.29, 1.82) is 0 Å². The molecule has 0 saturated heterocycles. The third kappa shape index (κ3) is 5.42. The van der Waals surface area contributed by atoms with Gasteiger partial charge in [-0.3, -0.25) is 9.59 Å². The van der Waals surface area contributed by atoms with Gasteiger partial charge < -0.3 is 15.0 Å². The molecule has 1 atom stereocenters. The number of benzene rings is 1. The molecular weight excluding hydrogens is 320 g/mol. The van der Waals surface area contributed by atoms with Crippen molar-refractivity contribution >= 4 is 17.5 Å². The Morgan fingerprint density at radius 2 is 2.08 bits per heavy atom. The number of anilines is 1. The number of carbonyl (C=O) groups excluding carboxylic acids is 2. The van der Waals surface area contributed by atoms with Crippen molar-refractivity contribution in [3.05, 3.63) is 42.1 Å². The number of nitrogens with one attached hydrogen (secondary N) is 1. The topological polar surface area (TPSA) is 76.5 Å². The molecule has 25 heavy (non-hydrogen) atoms. The van der Waals surface area contributed by atoms with E-state index < -0.39 is 6.10 Å². The van der Waals surface area contributed by atoms with Crippen LogP contribution in [0.25, 0.3) is 0 Å². The fourth-order valence-corrected chi connectivity index (χ4v) is 2.19. The maximum atomic E-state index is 12.4. The molecule has 1 heterocycles. The first-order valence-electron chi connectivity index (χ1n) is 8.12. The highest BCUT2D eigenvalue weighted by Gasteiger charge is 2.17. The second kappa shape index (κ2) is 8.43. The molecule has 0 radical (unpaired) electrons. The van der Waals surface area contributed by atoms with Gasteiger partial charge in [-0.15, -0.1) is 0 Å². The summed E-state index contributed by atoms with van der Waals surface area (Å²) in [6, 6.07) is 8.54. The second-order valence-corrected chi connectivity index (χ2v) is 6.08. The van der Waals surface area contributed by atoms with E-state index in [0.717, 1.165) is 6.54 Å². The van der Waals surface area contributed by atoms with Crippen molar-refractivity contribution in [2.45, 2.75) is 26.5 Å². The number of hydrogen-bond acceptors (Lipinski definition) is 5. The third-order valence-corrected chi connectivity index (χ3v) is 3.65. The van der Waals surface area contributed by atoms with Gasteiger partial charge in [0.25, 0.3) is 5.91 Å². The van der Waals surface area contributed by atoms with Crippen molar-refractivity contribution < 1.29 is 14.3 Å². The first kappa shape index (κ1) is 18.7. The van der Waals surface area contributed by atoms with Crippen LogP contribution >= 0.6 is 0 Å². The van der Waals surface area contributed by atoms with E-state index in [1.807, 2.05) is 19.0 Å². The van der Waals surface area contributed by atoms with Crippen LogP contribution in [0.1, 0.15) is 24.2 Å². The number of amides is 1. The predicted molar refractivity (Wildman–Crippen MR) is 95.9 cm³/mol. The zero-order valence-corrected chi connectivity index (χ0v) is 15.0. The smallest absolute Gasteiger partial charge is 0.266 e. The lowest BCUT2D eigenvalue weighted by Gasteiger charge is -2.16. The Hall–Kier alpha value is -2.67. The van der Waals surface area contributed by atoms with E-state index in [1.165, 1.54) is 6.92 Å². The van der Waals surface area contributed by atoms with E-state index in [4.69, 9.17) is 4.74 Å². The molecule has 0 fully saturated rings. The Bertz CT molecular complexity index is 739. The summed E-state index contributed by atoms with van der Waals surface area (Å²) >= 11 is 0. The normalized spacial score (nSPS) is 12.0. The number of ketones is 1. The largest absolute Gasteiger partial charge is 0.481 e. The monoisotopic (exact) mass is 344 g/mol. The maximum absolute atomic E-state index is 12.4. The Morgan fingerprint density at radius 1 is 1.32 bits per heavy atom. The summed E-state index contributed by atoms with van der Waals surface area (Å²) in [6.45, 7) is 4.64. The van der Waals surface area contributed by atoms with Crippen LogP contribution in [0.4, 0.5) is 5.82 Å². The van der Waals surface area contributed by atoms with Gasteiger partial charge in [0.1, 0.15) is 11.6 Å². The molecule has 1 amide bonds. The van der Waals surface area contributed by atoms with E-state index in [0.29, 0.717) is 23.7 Å². The van der Waals surface area contributed by atoms with Crippen LogP contribution in [0.2, 0.25) is 0 Å². The van der Waals surface area contributed by atoms with E-state index in [2.05, 4.69) is 10.4 Å². The highest BCUT2D eigenvalue weighted by atomic mass is 16.5. The summed E-state index contributed by atoms with van der Waals surface area (Å²) in [5.41, 5.74) is 0.548. The van der Waals surface area contributed by atoms with Gasteiger partial charge in [0, 0.05) is 18.2 Å². The minimum Gasteiger partial charge on any atom is -0.481 e. The van der Waals surface area contributed by atoms with Gasteiger partial charge in [0.2, 0.25) is 0 Å². The quantitative estimate of drug-likeness (QED) is 0.742. The van der Waals surface area contributed by atoms with Crippen LogP contribution in [0.5, 0.6) is 5.75 Å². The first-order valence-corrected chi connectivity index (χ1v) is 8.12. The minimum absolute atomic E-state index is 0.0488. The summed E-state index contributed by atoms with van der Waals surface area (Å²) in [6.07, 6.45) is 0.937. The fourth-order valence-electron chi connectivity index (χ4n) is 2.19. The molecule has 0 bridgehead atoms. The van der Waals surface area contributed by atoms with Gasteiger partial charge in [-0.2, -0.15) is 5.10 Å². The number of carbonyl (C=O) groups is 2. The zero-order valence-electron chi connectivity index (χ0n) is 15.0. The SMILES string of the molecule is CC(=O)c1cccc(O[C@@H](C)C(=O)Nc2ccnn2CCN(C)C)c1. The number of hydrogen-bond donors (Lipinski definition) is 1. The van der Waals surface area contributed by atoms with E-state index in [-0.39, 0.29) is 11.7 Å². The molecule has 7 heteroatoms. The molecule has 2 rings (SSSR count). The molecule has 0 aliphatic carbocycles. The predicted octanol–water partition coefficient (Wildman–Crippen LogP) is 2.05. The lowest BCUT2D eigenvalue weighted by atomic mass is 10.1. The molecule has 1 N–H and O–H groups in total. The molecule has 7 nitrogen and oxygen atoms in total. The van der Waals surface area contributed by atoms with Gasteiger partial charge in [-0.05, 0) is 40.1 Å². The van der Waals surface area contributed by atoms with Crippen LogP contribution < -0.4 is 10.1 Å². The number of likely N-dealkylation sites (N-methyl/N-ethyl adjacent to an activating group) is 1. The van der Waals surface area contributed by atoms with Crippen LogP contribution in [0, 0.1) is 0 Å². The van der Waals surface area contributed by atoms with Gasteiger partial charge in [-0.1, -0.05) is 12.1 Å². The van der Waals surface area contributed by atoms with Crippen LogP contribution in [0.15, 0.2) is 36.5 Å². The molecule has 2 aromatic rings. The molecule has 1 aromatic carbocycles. The minimum atomic E-state index is -0.709. The number of ether oxygens (including phenoxy) is 1. The van der Waals surface area contributed by atoms with E-state index >= 15 is 0 Å². The van der Waals surface area contributed by atoms with Gasteiger partial charge in [0.05, 0.1) is 12.7 Å². The van der Waals surface area contributed by atoms with Gasteiger partial charge in [0.15, 0.2) is 11.9 Å². The molecule has 1 aromatic heterocycles. The fraction of sp³-hybridized carbons (Fsp3) is 0.389. The van der Waals surface area contributed by atoms with Crippen molar-refractivity contribution in [3.8, 4) is 5.75 Å². The van der Waals surface area contributed by atoms with Crippen molar-refractivity contribution in [2.24, 2.45) is 0 Å². The molecule has 0 unspecified atom stereocenters. The summed E-state index contributed by atoms with van der Waals surface area (Å²) < 4.78 is 7.39. The Balaban J connectivity index is 1.98. The highest BCUT2D eigenvalue weighted by Crippen LogP contribution is 2.16. The number of rotatable bonds is 8. The van der Waals surface area contributed by atoms with E-state index in [9.17, 15) is 9.59 Å². The maximum Gasteiger partial charge on any atom is 0.266 e. The van der Waals surface area contributed by atoms with Crippen molar-refractivity contribution in [3.63, 3.8) is 0 Å². The number of aromatic nitrogens is 2. The van der Waals surface area contributed by atoms with Gasteiger partial charge in [-0.25, -0.2) is 4.68 Å². The summed E-state index contributed by atoms with van der Waals surface area (Å²) in [4.78, 5) is 25.8. The molecule has 0 aliphatic rings. The Labute approximate surface area is 147 Å². The van der Waals surface area contributed by atoms with Crippen LogP contribution in [-0.4, -0.2) is 53.1 Å². The van der Waals surface area contributed by atoms with Gasteiger partial charge >= 0.3 is 0 Å². The lowest BCUT2D eigenvalue weighted by Crippen LogP contribution is -2.31. The first-order chi connectivity index (χ1) is 11.9. The number of nitrogens with zero attached hydrogens (tertiary/aromatic N) is 3. The molecule has 134 valence electrons. The van der Waals surface area contributed by atoms with Crippen LogP contribution in [0.3, 0.4) is 0 Å². The molecule has 0 saturated carbocycles. The average molecular weight is 344 g/mol. The number of Topliss-reactive ketones (excluding diaryl/α,β-unsaturated/α-hetero) is 1. The molecule has 0 aliphatic heterocycles.